The smallest absolute Gasteiger partial charge is 0.223 e. The van der Waals surface area contributed by atoms with Gasteiger partial charge in [-0.15, -0.1) is 17.9 Å². The van der Waals surface area contributed by atoms with Crippen molar-refractivity contribution in [3.8, 4) is 0 Å². The lowest BCUT2D eigenvalue weighted by Gasteiger charge is -2.52. The molecule has 120 valence electrons. The zero-order valence-corrected chi connectivity index (χ0v) is 14.3. The Hall–Kier alpha value is -1.13. The van der Waals surface area contributed by atoms with Crippen LogP contribution >= 0.6 is 11.3 Å². The van der Waals surface area contributed by atoms with Crippen molar-refractivity contribution < 1.29 is 4.79 Å². The van der Waals surface area contributed by atoms with Gasteiger partial charge in [-0.25, -0.2) is 0 Å². The molecule has 0 aromatic carbocycles. The van der Waals surface area contributed by atoms with Crippen LogP contribution in [0.15, 0.2) is 30.2 Å². The van der Waals surface area contributed by atoms with Crippen molar-refractivity contribution >= 4 is 17.2 Å². The third-order valence-corrected chi connectivity index (χ3v) is 6.23. The highest BCUT2D eigenvalue weighted by Gasteiger charge is 2.52. The van der Waals surface area contributed by atoms with Crippen molar-refractivity contribution in [3.05, 3.63) is 35.0 Å². The molecule has 3 nitrogen and oxygen atoms in total. The van der Waals surface area contributed by atoms with E-state index in [0.717, 1.165) is 32.4 Å². The fourth-order valence-corrected chi connectivity index (χ4v) is 5.27. The Morgan fingerprint density at radius 2 is 2.36 bits per heavy atom. The summed E-state index contributed by atoms with van der Waals surface area (Å²) in [6.45, 7) is 9.00. The van der Waals surface area contributed by atoms with E-state index in [2.05, 4.69) is 40.8 Å². The lowest BCUT2D eigenvalue weighted by atomic mass is 9.77. The summed E-state index contributed by atoms with van der Waals surface area (Å²) in [6.07, 6.45) is 7.04. The summed E-state index contributed by atoms with van der Waals surface area (Å²) in [5.74, 6) is 0.316. The van der Waals surface area contributed by atoms with Gasteiger partial charge in [0.2, 0.25) is 5.91 Å². The molecule has 2 atom stereocenters. The molecule has 3 rings (SSSR count). The summed E-state index contributed by atoms with van der Waals surface area (Å²) in [6, 6.07) is 4.82. The number of nitrogens with zero attached hydrogens (tertiary/aromatic N) is 2. The van der Waals surface area contributed by atoms with E-state index in [1.54, 1.807) is 0 Å². The molecule has 2 aliphatic heterocycles. The number of thiophene rings is 1. The largest absolute Gasteiger partial charge is 0.332 e. The van der Waals surface area contributed by atoms with Crippen molar-refractivity contribution in [1.82, 2.24) is 9.80 Å². The number of carbonyl (C=O) groups excluding carboxylic acids is 1. The Bertz CT molecular complexity index is 527. The van der Waals surface area contributed by atoms with Crippen molar-refractivity contribution in [2.24, 2.45) is 0 Å². The van der Waals surface area contributed by atoms with E-state index in [-0.39, 0.29) is 5.54 Å². The monoisotopic (exact) mass is 318 g/mol. The maximum absolute atomic E-state index is 12.4. The fourth-order valence-electron chi connectivity index (χ4n) is 4.54. The summed E-state index contributed by atoms with van der Waals surface area (Å²) in [5.41, 5.74) is 0.0372. The van der Waals surface area contributed by atoms with Crippen LogP contribution in [-0.4, -0.2) is 40.4 Å². The first-order valence-electron chi connectivity index (χ1n) is 8.39. The summed E-state index contributed by atoms with van der Waals surface area (Å²) >= 11 is 1.83. The van der Waals surface area contributed by atoms with Gasteiger partial charge >= 0.3 is 0 Å². The minimum absolute atomic E-state index is 0.0372. The third-order valence-electron chi connectivity index (χ3n) is 5.36. The highest BCUT2D eigenvalue weighted by atomic mass is 32.1. The second kappa shape index (κ2) is 6.55. The van der Waals surface area contributed by atoms with Gasteiger partial charge in [-0.3, -0.25) is 9.69 Å². The lowest BCUT2D eigenvalue weighted by Crippen LogP contribution is -2.62. The van der Waals surface area contributed by atoms with E-state index < -0.39 is 0 Å². The number of likely N-dealkylation sites (tertiary alicyclic amines) is 2. The van der Waals surface area contributed by atoms with E-state index in [1.807, 2.05) is 17.4 Å². The minimum Gasteiger partial charge on any atom is -0.332 e. The van der Waals surface area contributed by atoms with Crippen LogP contribution in [0.25, 0.3) is 0 Å². The zero-order valence-electron chi connectivity index (χ0n) is 13.5. The van der Waals surface area contributed by atoms with Gasteiger partial charge in [-0.2, -0.15) is 0 Å². The molecule has 3 heterocycles. The van der Waals surface area contributed by atoms with Crippen LogP contribution in [0, 0.1) is 0 Å². The molecule has 22 heavy (non-hydrogen) atoms. The first kappa shape index (κ1) is 15.8. The van der Waals surface area contributed by atoms with Crippen LogP contribution in [-0.2, 0) is 11.3 Å². The number of piperidine rings is 1. The van der Waals surface area contributed by atoms with Crippen LogP contribution in [0.1, 0.15) is 43.9 Å². The second-order valence-electron chi connectivity index (χ2n) is 6.47. The minimum atomic E-state index is 0.0372. The molecule has 1 aromatic heterocycles. The summed E-state index contributed by atoms with van der Waals surface area (Å²) in [5, 5.41) is 2.15. The van der Waals surface area contributed by atoms with Crippen molar-refractivity contribution in [2.75, 3.05) is 13.1 Å². The van der Waals surface area contributed by atoms with Gasteiger partial charge < -0.3 is 4.90 Å². The van der Waals surface area contributed by atoms with Crippen molar-refractivity contribution in [2.45, 2.75) is 57.2 Å². The third kappa shape index (κ3) is 2.63. The van der Waals surface area contributed by atoms with Crippen molar-refractivity contribution in [1.29, 1.82) is 0 Å². The van der Waals surface area contributed by atoms with E-state index in [9.17, 15) is 4.79 Å². The van der Waals surface area contributed by atoms with E-state index in [0.29, 0.717) is 24.9 Å². The predicted molar refractivity (Wildman–Crippen MR) is 91.9 cm³/mol. The molecule has 0 unspecified atom stereocenters. The zero-order chi connectivity index (χ0) is 15.6. The Labute approximate surface area is 137 Å². The maximum Gasteiger partial charge on any atom is 0.223 e. The molecule has 0 N–H and O–H groups in total. The first-order valence-corrected chi connectivity index (χ1v) is 9.27. The second-order valence-corrected chi connectivity index (χ2v) is 7.51. The van der Waals surface area contributed by atoms with E-state index >= 15 is 0 Å². The quantitative estimate of drug-likeness (QED) is 0.773. The van der Waals surface area contributed by atoms with Gasteiger partial charge in [-0.05, 0) is 43.7 Å². The van der Waals surface area contributed by atoms with E-state index in [4.69, 9.17) is 0 Å². The molecule has 0 bridgehead atoms. The van der Waals surface area contributed by atoms with Gasteiger partial charge in [0.25, 0.3) is 0 Å². The summed E-state index contributed by atoms with van der Waals surface area (Å²) in [4.78, 5) is 18.6. The van der Waals surface area contributed by atoms with Gasteiger partial charge in [0.15, 0.2) is 0 Å². The number of carbonyl (C=O) groups is 1. The van der Waals surface area contributed by atoms with Gasteiger partial charge in [0, 0.05) is 30.4 Å². The van der Waals surface area contributed by atoms with Crippen molar-refractivity contribution in [3.63, 3.8) is 0 Å². The van der Waals surface area contributed by atoms with Gasteiger partial charge in [0.1, 0.15) is 0 Å². The molecule has 4 heteroatoms. The Morgan fingerprint density at radius 3 is 3.05 bits per heavy atom. The van der Waals surface area contributed by atoms with Crippen LogP contribution in [0.5, 0.6) is 0 Å². The summed E-state index contributed by atoms with van der Waals surface area (Å²) < 4.78 is 0. The topological polar surface area (TPSA) is 23.6 Å². The normalized spacial score (nSPS) is 29.4. The Balaban J connectivity index is 1.86. The maximum atomic E-state index is 12.4. The fraction of sp³-hybridized carbons (Fsp3) is 0.611. The first-order chi connectivity index (χ1) is 10.7. The Morgan fingerprint density at radius 1 is 1.50 bits per heavy atom. The summed E-state index contributed by atoms with van der Waals surface area (Å²) in [7, 11) is 0. The van der Waals surface area contributed by atoms with E-state index in [1.165, 1.54) is 11.3 Å². The Kier molecular flexibility index (Phi) is 4.69. The molecule has 0 radical (unpaired) electrons. The van der Waals surface area contributed by atoms with Gasteiger partial charge in [-0.1, -0.05) is 19.1 Å². The standard InChI is InChI=1S/C18H26N2OS/c1-3-11-20-17(21)8-10-18(20)9-6-12-19(16(18)4-2)14-15-7-5-13-22-15/h3,5,7,13,16H,1,4,6,8-12,14H2,2H3/t16-,18-/m0/s1. The predicted octanol–water partition coefficient (Wildman–Crippen LogP) is 3.67. The lowest BCUT2D eigenvalue weighted by molar-refractivity contribution is -0.134. The van der Waals surface area contributed by atoms with Gasteiger partial charge in [0.05, 0.1) is 5.54 Å². The van der Waals surface area contributed by atoms with Crippen LogP contribution in [0.4, 0.5) is 0 Å². The highest BCUT2D eigenvalue weighted by Crippen LogP contribution is 2.43. The number of hydrogen-bond acceptors (Lipinski definition) is 3. The van der Waals surface area contributed by atoms with Crippen LogP contribution < -0.4 is 0 Å². The molecule has 2 fully saturated rings. The number of hydrogen-bond donors (Lipinski definition) is 0. The number of amides is 1. The average molecular weight is 318 g/mol. The molecule has 2 aliphatic rings. The van der Waals surface area contributed by atoms with Crippen LogP contribution in [0.3, 0.4) is 0 Å². The number of rotatable bonds is 5. The molecule has 0 aliphatic carbocycles. The molecule has 2 saturated heterocycles. The SMILES string of the molecule is C=CCN1C(=O)CC[C@]12CCCN(Cc1cccs1)[C@H]2CC. The molecule has 1 spiro atoms. The molecule has 1 amide bonds. The molecular weight excluding hydrogens is 292 g/mol. The molecular formula is C18H26N2OS. The molecule has 0 saturated carbocycles. The average Bonchev–Trinajstić information content (AvgIpc) is 3.12. The highest BCUT2D eigenvalue weighted by molar-refractivity contribution is 7.09. The molecule has 1 aromatic rings. The van der Waals surface area contributed by atoms with Crippen LogP contribution in [0.2, 0.25) is 0 Å².